The number of hydrogen-bond acceptors (Lipinski definition) is 3. The van der Waals surface area contributed by atoms with Crippen molar-refractivity contribution in [3.05, 3.63) is 17.4 Å². The fourth-order valence-electron chi connectivity index (χ4n) is 1.23. The highest BCUT2D eigenvalue weighted by Gasteiger charge is 2.18. The van der Waals surface area contributed by atoms with Gasteiger partial charge in [0.05, 0.1) is 24.0 Å². The fourth-order valence-corrected chi connectivity index (χ4v) is 1.32. The molecular weight excluding hydrogens is 188 g/mol. The van der Waals surface area contributed by atoms with Crippen molar-refractivity contribution < 1.29 is 4.74 Å². The van der Waals surface area contributed by atoms with Gasteiger partial charge in [0.2, 0.25) is 0 Å². The van der Waals surface area contributed by atoms with Crippen LogP contribution >= 0.6 is 11.6 Å². The lowest BCUT2D eigenvalue weighted by Gasteiger charge is -2.24. The predicted molar refractivity (Wildman–Crippen MR) is 49.9 cm³/mol. The molecule has 13 heavy (non-hydrogen) atoms. The number of halogens is 1. The highest BCUT2D eigenvalue weighted by atomic mass is 35.5. The Morgan fingerprint density at radius 2 is 2.08 bits per heavy atom. The first kappa shape index (κ1) is 8.75. The molecule has 1 aliphatic carbocycles. The summed E-state index contributed by atoms with van der Waals surface area (Å²) >= 11 is 5.63. The van der Waals surface area contributed by atoms with Gasteiger partial charge in [0.15, 0.2) is 0 Å². The molecule has 2 rings (SSSR count). The Balaban J connectivity index is 1.83. The first-order valence-corrected chi connectivity index (χ1v) is 4.83. The van der Waals surface area contributed by atoms with Crippen LogP contribution in [0, 0.1) is 5.92 Å². The summed E-state index contributed by atoms with van der Waals surface area (Å²) in [4.78, 5) is 7.89. The number of nitrogens with zero attached hydrogens (tertiary/aromatic N) is 2. The summed E-state index contributed by atoms with van der Waals surface area (Å²) in [5.74, 6) is 0.708. The minimum absolute atomic E-state index is 0.427. The van der Waals surface area contributed by atoms with E-state index in [1.165, 1.54) is 19.3 Å². The molecule has 1 heterocycles. The zero-order valence-corrected chi connectivity index (χ0v) is 8.00. The van der Waals surface area contributed by atoms with Gasteiger partial charge in [-0.05, 0) is 18.8 Å². The SMILES string of the molecule is Clc1cnc(OCC2CCC2)nc1. The lowest BCUT2D eigenvalue weighted by molar-refractivity contribution is 0.170. The van der Waals surface area contributed by atoms with Gasteiger partial charge in [-0.3, -0.25) is 0 Å². The van der Waals surface area contributed by atoms with Crippen molar-refractivity contribution in [2.45, 2.75) is 19.3 Å². The second kappa shape index (κ2) is 3.92. The second-order valence-corrected chi connectivity index (χ2v) is 3.73. The molecule has 1 aromatic rings. The minimum Gasteiger partial charge on any atom is -0.463 e. The lowest BCUT2D eigenvalue weighted by atomic mass is 9.86. The molecule has 3 nitrogen and oxygen atoms in total. The highest BCUT2D eigenvalue weighted by molar-refractivity contribution is 6.30. The van der Waals surface area contributed by atoms with Crippen molar-refractivity contribution in [1.82, 2.24) is 9.97 Å². The Labute approximate surface area is 82.1 Å². The maximum Gasteiger partial charge on any atom is 0.316 e. The van der Waals surface area contributed by atoms with E-state index < -0.39 is 0 Å². The molecule has 0 radical (unpaired) electrons. The molecule has 1 fully saturated rings. The number of aromatic nitrogens is 2. The molecule has 0 atom stereocenters. The second-order valence-electron chi connectivity index (χ2n) is 3.29. The van der Waals surface area contributed by atoms with Gasteiger partial charge in [0.1, 0.15) is 0 Å². The van der Waals surface area contributed by atoms with Gasteiger partial charge in [-0.2, -0.15) is 0 Å². The van der Waals surface area contributed by atoms with E-state index in [4.69, 9.17) is 16.3 Å². The van der Waals surface area contributed by atoms with Crippen LogP contribution in [0.1, 0.15) is 19.3 Å². The van der Waals surface area contributed by atoms with E-state index in [9.17, 15) is 0 Å². The van der Waals surface area contributed by atoms with Crippen molar-refractivity contribution in [1.29, 1.82) is 0 Å². The minimum atomic E-state index is 0.427. The molecule has 1 aromatic heterocycles. The van der Waals surface area contributed by atoms with E-state index in [1.807, 2.05) is 0 Å². The van der Waals surface area contributed by atoms with Crippen molar-refractivity contribution in [2.75, 3.05) is 6.61 Å². The van der Waals surface area contributed by atoms with E-state index in [0.29, 0.717) is 17.0 Å². The summed E-state index contributed by atoms with van der Waals surface area (Å²) in [6.45, 7) is 0.738. The van der Waals surface area contributed by atoms with E-state index in [0.717, 1.165) is 6.61 Å². The normalized spacial score (nSPS) is 16.7. The topological polar surface area (TPSA) is 35.0 Å². The van der Waals surface area contributed by atoms with E-state index in [-0.39, 0.29) is 0 Å². The summed E-state index contributed by atoms with van der Waals surface area (Å²) in [5, 5.41) is 0.538. The van der Waals surface area contributed by atoms with Crippen molar-refractivity contribution in [3.63, 3.8) is 0 Å². The Hall–Kier alpha value is -0.830. The molecule has 0 unspecified atom stereocenters. The monoisotopic (exact) mass is 198 g/mol. The van der Waals surface area contributed by atoms with E-state index in [1.54, 1.807) is 12.4 Å². The van der Waals surface area contributed by atoms with Gasteiger partial charge in [-0.1, -0.05) is 18.0 Å². The average molecular weight is 199 g/mol. The zero-order valence-electron chi connectivity index (χ0n) is 7.24. The number of ether oxygens (including phenoxy) is 1. The lowest BCUT2D eigenvalue weighted by Crippen LogP contribution is -2.19. The molecule has 0 saturated heterocycles. The predicted octanol–water partition coefficient (Wildman–Crippen LogP) is 2.31. The Bertz CT molecular complexity index is 271. The van der Waals surface area contributed by atoms with Crippen LogP contribution in [0.5, 0.6) is 6.01 Å². The first-order valence-electron chi connectivity index (χ1n) is 4.45. The molecule has 4 heteroatoms. The van der Waals surface area contributed by atoms with Crippen molar-refractivity contribution in [3.8, 4) is 6.01 Å². The summed E-state index contributed by atoms with van der Waals surface area (Å²) in [5.41, 5.74) is 0. The third-order valence-corrected chi connectivity index (χ3v) is 2.46. The molecule has 0 aliphatic heterocycles. The summed E-state index contributed by atoms with van der Waals surface area (Å²) in [7, 11) is 0. The highest BCUT2D eigenvalue weighted by Crippen LogP contribution is 2.26. The van der Waals surface area contributed by atoms with Crippen LogP contribution in [-0.4, -0.2) is 16.6 Å². The Kier molecular flexibility index (Phi) is 2.64. The molecule has 70 valence electrons. The number of hydrogen-bond donors (Lipinski definition) is 0. The van der Waals surface area contributed by atoms with Crippen molar-refractivity contribution in [2.24, 2.45) is 5.92 Å². The quantitative estimate of drug-likeness (QED) is 0.748. The smallest absolute Gasteiger partial charge is 0.316 e. The molecule has 1 saturated carbocycles. The first-order chi connectivity index (χ1) is 6.34. The standard InChI is InChI=1S/C9H11ClN2O/c10-8-4-11-9(12-5-8)13-6-7-2-1-3-7/h4-5,7H,1-3,6H2. The van der Waals surface area contributed by atoms with E-state index in [2.05, 4.69) is 9.97 Å². The maximum atomic E-state index is 5.63. The Morgan fingerprint density at radius 3 is 2.62 bits per heavy atom. The van der Waals surface area contributed by atoms with Crippen LogP contribution in [0.25, 0.3) is 0 Å². The van der Waals surface area contributed by atoms with Gasteiger partial charge >= 0.3 is 6.01 Å². The van der Waals surface area contributed by atoms with Gasteiger partial charge in [-0.15, -0.1) is 0 Å². The van der Waals surface area contributed by atoms with Gasteiger partial charge in [0, 0.05) is 0 Å². The van der Waals surface area contributed by atoms with Gasteiger partial charge in [-0.25, -0.2) is 9.97 Å². The number of rotatable bonds is 3. The summed E-state index contributed by atoms with van der Waals surface area (Å²) in [6, 6.07) is 0.427. The summed E-state index contributed by atoms with van der Waals surface area (Å²) in [6.07, 6.45) is 6.96. The zero-order chi connectivity index (χ0) is 9.10. The fraction of sp³-hybridized carbons (Fsp3) is 0.556. The molecule has 0 amide bonds. The van der Waals surface area contributed by atoms with Gasteiger partial charge in [0.25, 0.3) is 0 Å². The van der Waals surface area contributed by atoms with Crippen molar-refractivity contribution >= 4 is 11.6 Å². The molecule has 0 aromatic carbocycles. The van der Waals surface area contributed by atoms with Crippen LogP contribution < -0.4 is 4.74 Å². The van der Waals surface area contributed by atoms with Crippen LogP contribution in [-0.2, 0) is 0 Å². The molecule has 0 spiro atoms. The van der Waals surface area contributed by atoms with Crippen LogP contribution in [0.15, 0.2) is 12.4 Å². The maximum absolute atomic E-state index is 5.63. The molecule has 1 aliphatic rings. The average Bonchev–Trinajstić information content (AvgIpc) is 2.05. The van der Waals surface area contributed by atoms with Crippen LogP contribution in [0.4, 0.5) is 0 Å². The molecular formula is C9H11ClN2O. The summed E-state index contributed by atoms with van der Waals surface area (Å²) < 4.78 is 5.38. The Morgan fingerprint density at radius 1 is 1.38 bits per heavy atom. The third kappa shape index (κ3) is 2.31. The molecule has 0 N–H and O–H groups in total. The third-order valence-electron chi connectivity index (χ3n) is 2.27. The molecule has 0 bridgehead atoms. The largest absolute Gasteiger partial charge is 0.463 e. The van der Waals surface area contributed by atoms with Gasteiger partial charge < -0.3 is 4.74 Å². The van der Waals surface area contributed by atoms with Crippen LogP contribution in [0.2, 0.25) is 5.02 Å². The van der Waals surface area contributed by atoms with E-state index >= 15 is 0 Å². The van der Waals surface area contributed by atoms with Crippen LogP contribution in [0.3, 0.4) is 0 Å².